The van der Waals surface area contributed by atoms with E-state index in [0.29, 0.717) is 0 Å². The summed E-state index contributed by atoms with van der Waals surface area (Å²) >= 11 is 3.36. The lowest BCUT2D eigenvalue weighted by Gasteiger charge is -1.95. The molecular weight excluding hydrogens is 200 g/mol. The second kappa shape index (κ2) is 10.2. The Balaban J connectivity index is 2.85. The molecule has 0 aromatic rings. The molecular formula is C10H19Br. The fourth-order valence-electron chi connectivity index (χ4n) is 1.05. The summed E-state index contributed by atoms with van der Waals surface area (Å²) in [6, 6.07) is 0. The third-order valence-corrected chi connectivity index (χ3v) is 2.10. The normalized spacial score (nSPS) is 11.1. The average Bonchev–Trinajstić information content (AvgIpc) is 2.03. The lowest BCUT2D eigenvalue weighted by atomic mass is 10.1. The lowest BCUT2D eigenvalue weighted by Crippen LogP contribution is -1.75. The summed E-state index contributed by atoms with van der Waals surface area (Å²) < 4.78 is 0. The average molecular weight is 219 g/mol. The molecule has 0 amide bonds. The van der Waals surface area contributed by atoms with E-state index >= 15 is 0 Å². The number of halogens is 1. The van der Waals surface area contributed by atoms with Crippen molar-refractivity contribution in [1.82, 2.24) is 0 Å². The van der Waals surface area contributed by atoms with Gasteiger partial charge in [0.2, 0.25) is 0 Å². The molecule has 0 N–H and O–H groups in total. The topological polar surface area (TPSA) is 0 Å². The summed E-state index contributed by atoms with van der Waals surface area (Å²) in [5, 5.41) is 1.00. The Kier molecular flexibility index (Phi) is 10.4. The van der Waals surface area contributed by atoms with E-state index in [1.807, 2.05) is 0 Å². The molecule has 0 unspecified atom stereocenters. The van der Waals surface area contributed by atoms with Gasteiger partial charge in [-0.2, -0.15) is 0 Å². The van der Waals surface area contributed by atoms with Gasteiger partial charge in [-0.1, -0.05) is 60.7 Å². The Morgan fingerprint density at radius 2 is 1.73 bits per heavy atom. The Hall–Kier alpha value is 0.220. The van der Waals surface area contributed by atoms with Crippen LogP contribution in [-0.4, -0.2) is 5.33 Å². The van der Waals surface area contributed by atoms with E-state index in [1.54, 1.807) is 0 Å². The number of unbranched alkanes of at least 4 members (excludes halogenated alkanes) is 5. The Bertz CT molecular complexity index is 86.9. The molecule has 0 rings (SSSR count). The van der Waals surface area contributed by atoms with Gasteiger partial charge in [-0.15, -0.1) is 0 Å². The molecule has 0 aliphatic rings. The van der Waals surface area contributed by atoms with Gasteiger partial charge in [0.25, 0.3) is 0 Å². The highest BCUT2D eigenvalue weighted by atomic mass is 79.9. The summed E-state index contributed by atoms with van der Waals surface area (Å²) in [6.07, 6.45) is 12.6. The van der Waals surface area contributed by atoms with Gasteiger partial charge in [0.15, 0.2) is 0 Å². The van der Waals surface area contributed by atoms with Crippen LogP contribution in [0.1, 0.15) is 45.4 Å². The minimum atomic E-state index is 1.00. The van der Waals surface area contributed by atoms with Gasteiger partial charge < -0.3 is 0 Å². The Morgan fingerprint density at radius 3 is 2.36 bits per heavy atom. The van der Waals surface area contributed by atoms with Crippen LogP contribution in [0.3, 0.4) is 0 Å². The van der Waals surface area contributed by atoms with E-state index < -0.39 is 0 Å². The van der Waals surface area contributed by atoms with Gasteiger partial charge >= 0.3 is 0 Å². The van der Waals surface area contributed by atoms with Crippen molar-refractivity contribution >= 4 is 15.9 Å². The second-order valence-corrected chi connectivity index (χ2v) is 3.48. The maximum atomic E-state index is 3.36. The zero-order valence-corrected chi connectivity index (χ0v) is 9.07. The molecule has 0 bridgehead atoms. The van der Waals surface area contributed by atoms with E-state index in [-0.39, 0.29) is 0 Å². The molecule has 0 saturated heterocycles. The molecule has 0 aliphatic heterocycles. The van der Waals surface area contributed by atoms with E-state index in [9.17, 15) is 0 Å². The molecule has 0 spiro atoms. The van der Waals surface area contributed by atoms with Crippen molar-refractivity contribution in [3.8, 4) is 0 Å². The van der Waals surface area contributed by atoms with Crippen LogP contribution in [0.2, 0.25) is 0 Å². The van der Waals surface area contributed by atoms with Crippen molar-refractivity contribution in [3.63, 3.8) is 0 Å². The smallest absolute Gasteiger partial charge is 0.0212 e. The molecule has 0 aliphatic carbocycles. The third kappa shape index (κ3) is 10.2. The predicted molar refractivity (Wildman–Crippen MR) is 56.3 cm³/mol. The maximum absolute atomic E-state index is 3.36. The van der Waals surface area contributed by atoms with Crippen LogP contribution < -0.4 is 0 Å². The number of alkyl halides is 1. The molecule has 0 fully saturated rings. The molecule has 0 saturated carbocycles. The molecule has 0 radical (unpaired) electrons. The maximum Gasteiger partial charge on any atom is 0.0212 e. The largest absolute Gasteiger partial charge is 0.0883 e. The zero-order chi connectivity index (χ0) is 8.36. The lowest BCUT2D eigenvalue weighted by molar-refractivity contribution is 0.637. The number of allylic oxidation sites excluding steroid dienone is 2. The van der Waals surface area contributed by atoms with Gasteiger partial charge in [-0.05, 0) is 12.8 Å². The van der Waals surface area contributed by atoms with Gasteiger partial charge in [-0.3, -0.25) is 0 Å². The number of hydrogen-bond donors (Lipinski definition) is 0. The molecule has 1 heteroatoms. The first-order chi connectivity index (χ1) is 5.41. The molecule has 0 heterocycles. The third-order valence-electron chi connectivity index (χ3n) is 1.73. The van der Waals surface area contributed by atoms with E-state index in [0.717, 1.165) is 5.33 Å². The van der Waals surface area contributed by atoms with Crippen LogP contribution >= 0.6 is 15.9 Å². The molecule has 0 atom stereocenters. The first-order valence-corrected chi connectivity index (χ1v) is 5.75. The zero-order valence-electron chi connectivity index (χ0n) is 7.48. The van der Waals surface area contributed by atoms with Crippen LogP contribution in [-0.2, 0) is 0 Å². The highest BCUT2D eigenvalue weighted by Gasteiger charge is 1.85. The molecule has 0 aromatic heterocycles. The summed E-state index contributed by atoms with van der Waals surface area (Å²) in [4.78, 5) is 0. The Morgan fingerprint density at radius 1 is 1.00 bits per heavy atom. The monoisotopic (exact) mass is 218 g/mol. The van der Waals surface area contributed by atoms with Crippen molar-refractivity contribution < 1.29 is 0 Å². The summed E-state index contributed by atoms with van der Waals surface area (Å²) in [7, 11) is 0. The molecule has 11 heavy (non-hydrogen) atoms. The highest BCUT2D eigenvalue weighted by Crippen LogP contribution is 2.05. The van der Waals surface area contributed by atoms with Gasteiger partial charge in [0.05, 0.1) is 0 Å². The van der Waals surface area contributed by atoms with Gasteiger partial charge in [0.1, 0.15) is 0 Å². The summed E-state index contributed by atoms with van der Waals surface area (Å²) in [5.74, 6) is 0. The van der Waals surface area contributed by atoms with E-state index in [1.165, 1.54) is 38.5 Å². The number of hydrogen-bond acceptors (Lipinski definition) is 0. The van der Waals surface area contributed by atoms with Crippen LogP contribution in [0.25, 0.3) is 0 Å². The summed E-state index contributed by atoms with van der Waals surface area (Å²) in [6.45, 7) is 2.25. The van der Waals surface area contributed by atoms with Crippen molar-refractivity contribution in [2.45, 2.75) is 45.4 Å². The summed E-state index contributed by atoms with van der Waals surface area (Å²) in [5.41, 5.74) is 0. The number of rotatable bonds is 7. The van der Waals surface area contributed by atoms with Crippen LogP contribution in [0.15, 0.2) is 12.2 Å². The van der Waals surface area contributed by atoms with Crippen molar-refractivity contribution in [2.75, 3.05) is 5.33 Å². The standard InChI is InChI=1S/C10H19Br/c1-2-3-4-5-6-7-8-9-10-11/h8-9H,2-7,10H2,1H3/b9-8-. The molecule has 66 valence electrons. The fourth-order valence-corrected chi connectivity index (χ4v) is 1.31. The van der Waals surface area contributed by atoms with Crippen molar-refractivity contribution in [1.29, 1.82) is 0 Å². The van der Waals surface area contributed by atoms with Crippen LogP contribution in [0, 0.1) is 0 Å². The first-order valence-electron chi connectivity index (χ1n) is 4.62. The van der Waals surface area contributed by atoms with Crippen LogP contribution in [0.4, 0.5) is 0 Å². The molecule has 0 aromatic carbocycles. The predicted octanol–water partition coefficient (Wildman–Crippen LogP) is 4.30. The SMILES string of the molecule is CCCCCCC/C=C\CBr. The van der Waals surface area contributed by atoms with Crippen LogP contribution in [0.5, 0.6) is 0 Å². The van der Waals surface area contributed by atoms with E-state index in [4.69, 9.17) is 0 Å². The second-order valence-electron chi connectivity index (χ2n) is 2.83. The van der Waals surface area contributed by atoms with Gasteiger partial charge in [0, 0.05) is 5.33 Å². The minimum absolute atomic E-state index is 1.00. The van der Waals surface area contributed by atoms with Crippen molar-refractivity contribution in [3.05, 3.63) is 12.2 Å². The quantitative estimate of drug-likeness (QED) is 0.340. The Labute approximate surface area is 79.2 Å². The first kappa shape index (κ1) is 11.2. The highest BCUT2D eigenvalue weighted by molar-refractivity contribution is 9.09. The fraction of sp³-hybridized carbons (Fsp3) is 0.800. The van der Waals surface area contributed by atoms with E-state index in [2.05, 4.69) is 35.0 Å². The molecule has 0 nitrogen and oxygen atoms in total. The minimum Gasteiger partial charge on any atom is -0.0883 e. The van der Waals surface area contributed by atoms with Crippen molar-refractivity contribution in [2.24, 2.45) is 0 Å². The van der Waals surface area contributed by atoms with Gasteiger partial charge in [-0.25, -0.2) is 0 Å².